The van der Waals surface area contributed by atoms with Gasteiger partial charge in [-0.1, -0.05) is 18.2 Å². The lowest BCUT2D eigenvalue weighted by atomic mass is 10.1. The van der Waals surface area contributed by atoms with E-state index in [1.54, 1.807) is 18.2 Å². The molecule has 5 N–H and O–H groups in total. The first kappa shape index (κ1) is 12.6. The fraction of sp³-hybridized carbons (Fsp3) is 0. The number of hydrogen-bond acceptors (Lipinski definition) is 3. The summed E-state index contributed by atoms with van der Waals surface area (Å²) in [6.07, 6.45) is 0. The molecule has 22 heavy (non-hydrogen) atoms. The van der Waals surface area contributed by atoms with Crippen LogP contribution in [0.1, 0.15) is 0 Å². The number of aromatic nitrogens is 1. The number of H-pyrrole nitrogens is 1. The van der Waals surface area contributed by atoms with Crippen LogP contribution in [0.2, 0.25) is 0 Å². The second-order valence-corrected chi connectivity index (χ2v) is 5.28. The Morgan fingerprint density at radius 2 is 1.59 bits per heavy atom. The molecule has 0 bridgehead atoms. The maximum atomic E-state index is 5.93. The van der Waals surface area contributed by atoms with Gasteiger partial charge in [0.15, 0.2) is 0 Å². The van der Waals surface area contributed by atoms with Gasteiger partial charge in [-0.05, 0) is 36.4 Å². The van der Waals surface area contributed by atoms with Gasteiger partial charge in [-0.3, -0.25) is 0 Å². The number of hydrogen-bond donors (Lipinski definition) is 3. The molecule has 4 rings (SSSR count). The zero-order valence-corrected chi connectivity index (χ0v) is 11.8. The van der Waals surface area contributed by atoms with Crippen LogP contribution in [0, 0.1) is 0 Å². The molecule has 0 spiro atoms. The van der Waals surface area contributed by atoms with E-state index in [1.807, 2.05) is 24.3 Å². The average Bonchev–Trinajstić information content (AvgIpc) is 2.88. The summed E-state index contributed by atoms with van der Waals surface area (Å²) >= 11 is 0. The lowest BCUT2D eigenvalue weighted by Gasteiger charge is -2.09. The molecule has 4 heteroatoms. The normalized spacial score (nSPS) is 11.1. The minimum absolute atomic E-state index is 0.525. The van der Waals surface area contributed by atoms with Crippen LogP contribution >= 0.6 is 0 Å². The Labute approximate surface area is 127 Å². The second kappa shape index (κ2) is 4.70. The van der Waals surface area contributed by atoms with Crippen molar-refractivity contribution in [2.24, 2.45) is 0 Å². The Morgan fingerprint density at radius 3 is 2.45 bits per heavy atom. The molecular formula is C18H15N3O. The molecule has 4 nitrogen and oxygen atoms in total. The van der Waals surface area contributed by atoms with Crippen molar-refractivity contribution in [2.45, 2.75) is 0 Å². The number of anilines is 2. The number of fused-ring (bicyclic) bond motifs is 3. The van der Waals surface area contributed by atoms with E-state index in [1.165, 1.54) is 10.8 Å². The molecule has 0 saturated carbocycles. The highest BCUT2D eigenvalue weighted by Crippen LogP contribution is 2.32. The lowest BCUT2D eigenvalue weighted by Crippen LogP contribution is -1.94. The molecule has 0 saturated heterocycles. The van der Waals surface area contributed by atoms with Gasteiger partial charge in [0.05, 0.1) is 11.2 Å². The largest absolute Gasteiger partial charge is 0.455 e. The Balaban J connectivity index is 1.77. The minimum Gasteiger partial charge on any atom is -0.455 e. The van der Waals surface area contributed by atoms with Gasteiger partial charge in [0, 0.05) is 28.0 Å². The van der Waals surface area contributed by atoms with E-state index in [9.17, 15) is 0 Å². The van der Waals surface area contributed by atoms with Crippen LogP contribution in [0.25, 0.3) is 21.8 Å². The number of benzene rings is 3. The van der Waals surface area contributed by atoms with Gasteiger partial charge in [-0.2, -0.15) is 0 Å². The zero-order chi connectivity index (χ0) is 15.1. The van der Waals surface area contributed by atoms with Crippen molar-refractivity contribution in [3.05, 3.63) is 60.7 Å². The molecule has 0 radical (unpaired) electrons. The molecule has 0 atom stereocenters. The first-order chi connectivity index (χ1) is 10.7. The Kier molecular flexibility index (Phi) is 2.69. The van der Waals surface area contributed by atoms with Crippen molar-refractivity contribution >= 4 is 33.2 Å². The number of nitrogen functional groups attached to an aromatic ring is 2. The van der Waals surface area contributed by atoms with E-state index in [0.29, 0.717) is 17.1 Å². The van der Waals surface area contributed by atoms with Gasteiger partial charge in [-0.25, -0.2) is 0 Å². The number of nitrogens with one attached hydrogen (secondary N) is 1. The number of aromatic amines is 1. The highest BCUT2D eigenvalue weighted by molar-refractivity contribution is 6.07. The standard InChI is InChI=1S/C18H15N3O/c19-11-5-8-18(15(20)9-11)22-12-6-7-14-13-3-1-2-4-16(13)21-17(14)10-12/h1-10,21H,19-20H2. The van der Waals surface area contributed by atoms with Crippen LogP contribution in [0.3, 0.4) is 0 Å². The van der Waals surface area contributed by atoms with Gasteiger partial charge in [0.1, 0.15) is 11.5 Å². The third-order valence-corrected chi connectivity index (χ3v) is 3.74. The van der Waals surface area contributed by atoms with E-state index in [4.69, 9.17) is 16.2 Å². The molecule has 0 aliphatic rings. The molecule has 0 amide bonds. The summed E-state index contributed by atoms with van der Waals surface area (Å²) in [4.78, 5) is 3.40. The predicted molar refractivity (Wildman–Crippen MR) is 91.1 cm³/mol. The van der Waals surface area contributed by atoms with E-state index < -0.39 is 0 Å². The highest BCUT2D eigenvalue weighted by Gasteiger charge is 2.07. The monoisotopic (exact) mass is 289 g/mol. The summed E-state index contributed by atoms with van der Waals surface area (Å²) in [7, 11) is 0. The van der Waals surface area contributed by atoms with E-state index >= 15 is 0 Å². The van der Waals surface area contributed by atoms with Crippen LogP contribution in [-0.2, 0) is 0 Å². The number of rotatable bonds is 2. The van der Waals surface area contributed by atoms with Crippen molar-refractivity contribution in [2.75, 3.05) is 11.5 Å². The summed E-state index contributed by atoms with van der Waals surface area (Å²) in [6, 6.07) is 19.4. The maximum Gasteiger partial charge on any atom is 0.150 e. The second-order valence-electron chi connectivity index (χ2n) is 5.28. The summed E-state index contributed by atoms with van der Waals surface area (Å²) < 4.78 is 5.87. The molecule has 4 aromatic rings. The summed E-state index contributed by atoms with van der Waals surface area (Å²) in [5, 5.41) is 2.38. The van der Waals surface area contributed by atoms with E-state index in [2.05, 4.69) is 23.2 Å². The SMILES string of the molecule is Nc1ccc(Oc2ccc3c(c2)[nH]c2ccccc23)c(N)c1. The third kappa shape index (κ3) is 2.02. The zero-order valence-electron chi connectivity index (χ0n) is 11.8. The fourth-order valence-electron chi connectivity index (χ4n) is 2.68. The van der Waals surface area contributed by atoms with Crippen molar-refractivity contribution in [1.82, 2.24) is 4.98 Å². The van der Waals surface area contributed by atoms with Crippen molar-refractivity contribution in [3.8, 4) is 11.5 Å². The van der Waals surface area contributed by atoms with Crippen molar-refractivity contribution < 1.29 is 4.74 Å². The van der Waals surface area contributed by atoms with Gasteiger partial charge in [0.25, 0.3) is 0 Å². The Hall–Kier alpha value is -3.14. The van der Waals surface area contributed by atoms with Crippen LogP contribution in [0.15, 0.2) is 60.7 Å². The van der Waals surface area contributed by atoms with Crippen LogP contribution in [-0.4, -0.2) is 4.98 Å². The number of ether oxygens (including phenoxy) is 1. The first-order valence-corrected chi connectivity index (χ1v) is 7.04. The Bertz CT molecular complexity index is 988. The minimum atomic E-state index is 0.525. The molecule has 0 aliphatic heterocycles. The predicted octanol–water partition coefficient (Wildman–Crippen LogP) is 4.28. The summed E-state index contributed by atoms with van der Waals surface area (Å²) in [5.41, 5.74) is 14.9. The van der Waals surface area contributed by atoms with Gasteiger partial charge < -0.3 is 21.2 Å². The fourth-order valence-corrected chi connectivity index (χ4v) is 2.68. The molecular weight excluding hydrogens is 274 g/mol. The van der Waals surface area contributed by atoms with Gasteiger partial charge in [0.2, 0.25) is 0 Å². The molecule has 1 heterocycles. The summed E-state index contributed by atoms with van der Waals surface area (Å²) in [5.74, 6) is 1.33. The van der Waals surface area contributed by atoms with Crippen LogP contribution < -0.4 is 16.2 Å². The third-order valence-electron chi connectivity index (χ3n) is 3.74. The number of nitrogens with two attached hydrogens (primary N) is 2. The lowest BCUT2D eigenvalue weighted by molar-refractivity contribution is 0.486. The molecule has 1 aromatic heterocycles. The van der Waals surface area contributed by atoms with Crippen LogP contribution in [0.5, 0.6) is 11.5 Å². The van der Waals surface area contributed by atoms with Crippen molar-refractivity contribution in [1.29, 1.82) is 0 Å². The topological polar surface area (TPSA) is 77.1 Å². The molecule has 0 aliphatic carbocycles. The highest BCUT2D eigenvalue weighted by atomic mass is 16.5. The quantitative estimate of drug-likeness (QED) is 0.482. The molecule has 3 aromatic carbocycles. The van der Waals surface area contributed by atoms with Gasteiger partial charge in [-0.15, -0.1) is 0 Å². The Morgan fingerprint density at radius 1 is 0.773 bits per heavy atom. The van der Waals surface area contributed by atoms with E-state index in [-0.39, 0.29) is 0 Å². The number of para-hydroxylation sites is 1. The molecule has 0 unspecified atom stereocenters. The van der Waals surface area contributed by atoms with E-state index in [0.717, 1.165) is 16.8 Å². The van der Waals surface area contributed by atoms with Crippen molar-refractivity contribution in [3.63, 3.8) is 0 Å². The van der Waals surface area contributed by atoms with Gasteiger partial charge >= 0.3 is 0 Å². The maximum absolute atomic E-state index is 5.93. The van der Waals surface area contributed by atoms with Crippen LogP contribution in [0.4, 0.5) is 11.4 Å². The summed E-state index contributed by atoms with van der Waals surface area (Å²) in [6.45, 7) is 0. The molecule has 0 fully saturated rings. The smallest absolute Gasteiger partial charge is 0.150 e. The average molecular weight is 289 g/mol. The molecule has 108 valence electrons. The first-order valence-electron chi connectivity index (χ1n) is 7.04.